The van der Waals surface area contributed by atoms with Crippen molar-refractivity contribution >= 4 is 0 Å². The number of rotatable bonds is 9. The molecule has 1 aromatic carbocycles. The average Bonchev–Trinajstić information content (AvgIpc) is 2.38. The van der Waals surface area contributed by atoms with E-state index in [-0.39, 0.29) is 5.82 Å². The van der Waals surface area contributed by atoms with Gasteiger partial charge in [0.15, 0.2) is 0 Å². The molecule has 0 saturated heterocycles. The van der Waals surface area contributed by atoms with Gasteiger partial charge in [0.05, 0.1) is 5.60 Å². The van der Waals surface area contributed by atoms with Crippen LogP contribution in [0, 0.1) is 5.82 Å². The summed E-state index contributed by atoms with van der Waals surface area (Å²) in [5.74, 6) is -0.310. The maximum Gasteiger partial charge on any atom is 0.129 e. The number of hydrogen-bond donors (Lipinski definition) is 1. The summed E-state index contributed by atoms with van der Waals surface area (Å²) < 4.78 is 13.6. The van der Waals surface area contributed by atoms with E-state index in [1.165, 1.54) is 38.2 Å². The molecule has 1 aromatic rings. The summed E-state index contributed by atoms with van der Waals surface area (Å²) in [7, 11) is 0. The lowest BCUT2D eigenvalue weighted by atomic mass is 9.89. The Balaban J connectivity index is 2.30. The molecule has 0 saturated carbocycles. The molecule has 0 aliphatic heterocycles. The van der Waals surface area contributed by atoms with Crippen molar-refractivity contribution < 1.29 is 9.50 Å². The summed E-state index contributed by atoms with van der Waals surface area (Å²) in [6.45, 7) is 3.92. The Hall–Kier alpha value is -0.890. The molecular formula is C17H27FO. The molecule has 0 heterocycles. The fourth-order valence-electron chi connectivity index (χ4n) is 2.46. The second kappa shape index (κ2) is 8.31. The van der Waals surface area contributed by atoms with Crippen LogP contribution in [-0.2, 0) is 5.60 Å². The van der Waals surface area contributed by atoms with Gasteiger partial charge in [0.2, 0.25) is 0 Å². The predicted molar refractivity (Wildman–Crippen MR) is 78.6 cm³/mol. The van der Waals surface area contributed by atoms with Crippen molar-refractivity contribution in [3.63, 3.8) is 0 Å². The van der Waals surface area contributed by atoms with Crippen LogP contribution < -0.4 is 0 Å². The Morgan fingerprint density at radius 2 is 1.58 bits per heavy atom. The van der Waals surface area contributed by atoms with Gasteiger partial charge in [0.25, 0.3) is 0 Å². The minimum atomic E-state index is -1.05. The number of hydrogen-bond acceptors (Lipinski definition) is 1. The molecule has 1 unspecified atom stereocenters. The maximum absolute atomic E-state index is 13.6. The molecule has 1 N–H and O–H groups in total. The fourth-order valence-corrected chi connectivity index (χ4v) is 2.46. The van der Waals surface area contributed by atoms with Gasteiger partial charge in [-0.25, -0.2) is 4.39 Å². The molecule has 0 fully saturated rings. The third kappa shape index (κ3) is 5.73. The fraction of sp³-hybridized carbons (Fsp3) is 0.647. The van der Waals surface area contributed by atoms with Crippen molar-refractivity contribution in [3.05, 3.63) is 35.6 Å². The minimum absolute atomic E-state index is 0.310. The van der Waals surface area contributed by atoms with Gasteiger partial charge in [-0.2, -0.15) is 0 Å². The first-order chi connectivity index (χ1) is 9.08. The molecule has 1 nitrogen and oxygen atoms in total. The summed E-state index contributed by atoms with van der Waals surface area (Å²) in [4.78, 5) is 0. The van der Waals surface area contributed by atoms with Gasteiger partial charge in [-0.1, -0.05) is 70.1 Å². The van der Waals surface area contributed by atoms with Crippen LogP contribution in [0.2, 0.25) is 0 Å². The zero-order valence-electron chi connectivity index (χ0n) is 12.3. The molecule has 2 heteroatoms. The van der Waals surface area contributed by atoms with Crippen LogP contribution in [0.25, 0.3) is 0 Å². The Kier molecular flexibility index (Phi) is 7.07. The highest BCUT2D eigenvalue weighted by Gasteiger charge is 2.25. The van der Waals surface area contributed by atoms with Crippen molar-refractivity contribution in [1.82, 2.24) is 0 Å². The molecule has 0 aliphatic rings. The molecule has 0 aromatic heterocycles. The molecule has 108 valence electrons. The van der Waals surface area contributed by atoms with Crippen molar-refractivity contribution in [2.45, 2.75) is 70.8 Å². The zero-order valence-corrected chi connectivity index (χ0v) is 12.3. The van der Waals surface area contributed by atoms with Crippen molar-refractivity contribution in [3.8, 4) is 0 Å². The predicted octanol–water partition coefficient (Wildman–Crippen LogP) is 5.17. The van der Waals surface area contributed by atoms with E-state index in [0.29, 0.717) is 12.0 Å². The summed E-state index contributed by atoms with van der Waals surface area (Å²) in [6.07, 6.45) is 9.07. The Morgan fingerprint density at radius 1 is 1.00 bits per heavy atom. The molecule has 0 bridgehead atoms. The zero-order chi connectivity index (χ0) is 14.1. The van der Waals surface area contributed by atoms with Crippen molar-refractivity contribution in [2.24, 2.45) is 0 Å². The third-order valence-electron chi connectivity index (χ3n) is 3.72. The molecule has 1 rings (SSSR count). The molecule has 0 amide bonds. The van der Waals surface area contributed by atoms with Gasteiger partial charge in [-0.3, -0.25) is 0 Å². The normalized spacial score (nSPS) is 14.3. The van der Waals surface area contributed by atoms with E-state index >= 15 is 0 Å². The largest absolute Gasteiger partial charge is 0.385 e. The van der Waals surface area contributed by atoms with E-state index in [9.17, 15) is 9.50 Å². The van der Waals surface area contributed by atoms with Gasteiger partial charge < -0.3 is 5.11 Å². The molecule has 19 heavy (non-hydrogen) atoms. The summed E-state index contributed by atoms with van der Waals surface area (Å²) in [5, 5.41) is 10.4. The smallest absolute Gasteiger partial charge is 0.129 e. The van der Waals surface area contributed by atoms with Crippen molar-refractivity contribution in [2.75, 3.05) is 0 Å². The Morgan fingerprint density at radius 3 is 2.21 bits per heavy atom. The van der Waals surface area contributed by atoms with E-state index < -0.39 is 5.60 Å². The van der Waals surface area contributed by atoms with E-state index in [1.807, 2.05) is 0 Å². The molecule has 0 aliphatic carbocycles. The quantitative estimate of drug-likeness (QED) is 0.611. The van der Waals surface area contributed by atoms with Gasteiger partial charge in [0.1, 0.15) is 5.82 Å². The van der Waals surface area contributed by atoms with Gasteiger partial charge in [-0.05, 0) is 19.4 Å². The van der Waals surface area contributed by atoms with E-state index in [2.05, 4.69) is 6.92 Å². The SMILES string of the molecule is CCCCCCCCCC(C)(O)c1ccccc1F. The van der Waals surface area contributed by atoms with Crippen molar-refractivity contribution in [1.29, 1.82) is 0 Å². The standard InChI is InChI=1S/C17H27FO/c1-3-4-5-6-7-8-11-14-17(2,19)15-12-9-10-13-16(15)18/h9-10,12-13,19H,3-8,11,14H2,1-2H3. The molecule has 1 atom stereocenters. The van der Waals surface area contributed by atoms with Crippen LogP contribution in [0.15, 0.2) is 24.3 Å². The molecule has 0 spiro atoms. The highest BCUT2D eigenvalue weighted by atomic mass is 19.1. The second-order valence-corrected chi connectivity index (χ2v) is 5.63. The monoisotopic (exact) mass is 266 g/mol. The van der Waals surface area contributed by atoms with Crippen LogP contribution in [-0.4, -0.2) is 5.11 Å². The van der Waals surface area contributed by atoms with Crippen LogP contribution in [0.3, 0.4) is 0 Å². The Bertz CT molecular complexity index is 360. The number of halogens is 1. The summed E-state index contributed by atoms with van der Waals surface area (Å²) >= 11 is 0. The first-order valence-electron chi connectivity index (χ1n) is 7.55. The first-order valence-corrected chi connectivity index (χ1v) is 7.55. The van der Waals surface area contributed by atoms with Crippen LogP contribution in [0.1, 0.15) is 70.8 Å². The van der Waals surface area contributed by atoms with E-state index in [1.54, 1.807) is 25.1 Å². The second-order valence-electron chi connectivity index (χ2n) is 5.63. The molecule has 0 radical (unpaired) electrons. The first kappa shape index (κ1) is 16.2. The maximum atomic E-state index is 13.6. The highest BCUT2D eigenvalue weighted by molar-refractivity contribution is 5.23. The van der Waals surface area contributed by atoms with Gasteiger partial charge in [-0.15, -0.1) is 0 Å². The number of unbranched alkanes of at least 4 members (excludes halogenated alkanes) is 6. The number of benzene rings is 1. The average molecular weight is 266 g/mol. The van der Waals surface area contributed by atoms with Gasteiger partial charge >= 0.3 is 0 Å². The highest BCUT2D eigenvalue weighted by Crippen LogP contribution is 2.28. The lowest BCUT2D eigenvalue weighted by molar-refractivity contribution is 0.0412. The Labute approximate surface area is 116 Å². The van der Waals surface area contributed by atoms with Crippen LogP contribution >= 0.6 is 0 Å². The lowest BCUT2D eigenvalue weighted by Gasteiger charge is -2.24. The van der Waals surface area contributed by atoms with Gasteiger partial charge in [0, 0.05) is 5.56 Å². The van der Waals surface area contributed by atoms with E-state index in [4.69, 9.17) is 0 Å². The lowest BCUT2D eigenvalue weighted by Crippen LogP contribution is -2.22. The number of aliphatic hydroxyl groups is 1. The van der Waals surface area contributed by atoms with E-state index in [0.717, 1.165) is 12.8 Å². The minimum Gasteiger partial charge on any atom is -0.385 e. The van der Waals surface area contributed by atoms with Crippen LogP contribution in [0.5, 0.6) is 0 Å². The third-order valence-corrected chi connectivity index (χ3v) is 3.72. The summed E-state index contributed by atoms with van der Waals surface area (Å²) in [5.41, 5.74) is -0.629. The topological polar surface area (TPSA) is 20.2 Å². The molecular weight excluding hydrogens is 239 g/mol. The van der Waals surface area contributed by atoms with Crippen LogP contribution in [0.4, 0.5) is 4.39 Å². The summed E-state index contributed by atoms with van der Waals surface area (Å²) in [6, 6.07) is 6.52.